The van der Waals surface area contributed by atoms with Gasteiger partial charge in [0.25, 0.3) is 5.91 Å². The second-order valence-corrected chi connectivity index (χ2v) is 3.05. The number of primary amides is 1. The first-order chi connectivity index (χ1) is 7.22. The zero-order valence-electron chi connectivity index (χ0n) is 7.77. The van der Waals surface area contributed by atoms with E-state index in [1.807, 2.05) is 18.2 Å². The average Bonchev–Trinajstić information content (AvgIpc) is 2.27. The minimum atomic E-state index is -0.622. The van der Waals surface area contributed by atoms with E-state index in [1.54, 1.807) is 18.2 Å². The molecule has 1 aromatic heterocycles. The Labute approximate surface area is 86.0 Å². The number of aromatic nitrogens is 1. The van der Waals surface area contributed by atoms with Gasteiger partial charge in [-0.2, -0.15) is 5.26 Å². The molecule has 0 spiro atoms. The number of amides is 1. The Morgan fingerprint density at radius 3 is 2.80 bits per heavy atom. The predicted molar refractivity (Wildman–Crippen MR) is 55.0 cm³/mol. The lowest BCUT2D eigenvalue weighted by Crippen LogP contribution is -2.14. The first kappa shape index (κ1) is 9.16. The first-order valence-electron chi connectivity index (χ1n) is 4.32. The minimum Gasteiger partial charge on any atom is -0.364 e. The summed E-state index contributed by atoms with van der Waals surface area (Å²) in [6, 6.07) is 10.7. The molecule has 0 fully saturated rings. The Morgan fingerprint density at radius 1 is 1.40 bits per heavy atom. The Morgan fingerprint density at radius 2 is 2.13 bits per heavy atom. The van der Waals surface area contributed by atoms with E-state index in [-0.39, 0.29) is 11.4 Å². The highest BCUT2D eigenvalue weighted by molar-refractivity contribution is 6.04. The van der Waals surface area contributed by atoms with Gasteiger partial charge >= 0.3 is 0 Å². The molecule has 0 unspecified atom stereocenters. The molecule has 15 heavy (non-hydrogen) atoms. The van der Waals surface area contributed by atoms with Crippen LogP contribution >= 0.6 is 0 Å². The molecule has 1 heterocycles. The van der Waals surface area contributed by atoms with Gasteiger partial charge in [-0.15, -0.1) is 0 Å². The van der Waals surface area contributed by atoms with Gasteiger partial charge in [-0.1, -0.05) is 24.3 Å². The van der Waals surface area contributed by atoms with Gasteiger partial charge in [0.05, 0.1) is 0 Å². The molecule has 0 radical (unpaired) electrons. The Bertz CT molecular complexity index is 584. The molecule has 0 aliphatic carbocycles. The molecule has 4 heteroatoms. The number of hydrogen-bond acceptors (Lipinski definition) is 3. The predicted octanol–water partition coefficient (Wildman–Crippen LogP) is 1.21. The molecule has 2 N–H and O–H groups in total. The van der Waals surface area contributed by atoms with Crippen molar-refractivity contribution in [2.24, 2.45) is 5.73 Å². The van der Waals surface area contributed by atoms with Crippen molar-refractivity contribution in [3.63, 3.8) is 0 Å². The maximum atomic E-state index is 11.1. The molecule has 1 aromatic carbocycles. The van der Waals surface area contributed by atoms with Gasteiger partial charge in [0, 0.05) is 5.39 Å². The van der Waals surface area contributed by atoms with Crippen molar-refractivity contribution in [3.05, 3.63) is 41.7 Å². The topological polar surface area (TPSA) is 79.8 Å². The van der Waals surface area contributed by atoms with Gasteiger partial charge in [0.1, 0.15) is 17.5 Å². The quantitative estimate of drug-likeness (QED) is 0.746. The van der Waals surface area contributed by atoms with Crippen LogP contribution in [0.5, 0.6) is 0 Å². The third kappa shape index (κ3) is 1.51. The monoisotopic (exact) mass is 197 g/mol. The fourth-order valence-electron chi connectivity index (χ4n) is 1.44. The molecular formula is C11H7N3O. The zero-order chi connectivity index (χ0) is 10.8. The van der Waals surface area contributed by atoms with Crippen molar-refractivity contribution in [2.75, 3.05) is 0 Å². The number of nitrogens with zero attached hydrogens (tertiary/aromatic N) is 2. The van der Waals surface area contributed by atoms with Gasteiger partial charge in [0.2, 0.25) is 0 Å². The lowest BCUT2D eigenvalue weighted by molar-refractivity contribution is 0.0997. The lowest BCUT2D eigenvalue weighted by atomic mass is 10.1. The molecule has 2 rings (SSSR count). The van der Waals surface area contributed by atoms with E-state index in [9.17, 15) is 4.79 Å². The maximum absolute atomic E-state index is 11.1. The van der Waals surface area contributed by atoms with Crippen molar-refractivity contribution in [1.29, 1.82) is 5.26 Å². The standard InChI is InChI=1S/C11H7N3O/c12-6-8-5-7-3-1-2-4-9(7)10(14-8)11(13)15/h1-5H,(H2,13,15). The Balaban J connectivity index is 2.88. The number of carbonyl (C=O) groups excluding carboxylic acids is 1. The molecular weight excluding hydrogens is 190 g/mol. The number of benzene rings is 1. The average molecular weight is 197 g/mol. The fourth-order valence-corrected chi connectivity index (χ4v) is 1.44. The smallest absolute Gasteiger partial charge is 0.267 e. The van der Waals surface area contributed by atoms with Crippen LogP contribution < -0.4 is 5.73 Å². The van der Waals surface area contributed by atoms with Crippen LogP contribution in [0.15, 0.2) is 30.3 Å². The maximum Gasteiger partial charge on any atom is 0.267 e. The molecule has 0 aliphatic heterocycles. The SMILES string of the molecule is N#Cc1cc2ccccc2c(C(N)=O)n1. The van der Waals surface area contributed by atoms with E-state index >= 15 is 0 Å². The van der Waals surface area contributed by atoms with E-state index in [2.05, 4.69) is 4.98 Å². The summed E-state index contributed by atoms with van der Waals surface area (Å²) < 4.78 is 0. The van der Waals surface area contributed by atoms with Crippen LogP contribution in [0.2, 0.25) is 0 Å². The molecule has 1 amide bonds. The number of hydrogen-bond donors (Lipinski definition) is 1. The summed E-state index contributed by atoms with van der Waals surface area (Å²) in [7, 11) is 0. The van der Waals surface area contributed by atoms with Crippen LogP contribution in [0.4, 0.5) is 0 Å². The summed E-state index contributed by atoms with van der Waals surface area (Å²) in [5.41, 5.74) is 5.53. The molecule has 0 saturated heterocycles. The second kappa shape index (κ2) is 3.39. The van der Waals surface area contributed by atoms with Crippen LogP contribution in [0.25, 0.3) is 10.8 Å². The summed E-state index contributed by atoms with van der Waals surface area (Å²) in [6.45, 7) is 0. The van der Waals surface area contributed by atoms with Crippen molar-refractivity contribution >= 4 is 16.7 Å². The zero-order valence-corrected chi connectivity index (χ0v) is 7.77. The Hall–Kier alpha value is -2.41. The molecule has 0 aliphatic rings. The highest BCUT2D eigenvalue weighted by Gasteiger charge is 2.09. The number of nitriles is 1. The molecule has 0 saturated carbocycles. The largest absolute Gasteiger partial charge is 0.364 e. The van der Waals surface area contributed by atoms with E-state index < -0.39 is 5.91 Å². The number of rotatable bonds is 1. The van der Waals surface area contributed by atoms with E-state index in [0.717, 1.165) is 5.39 Å². The van der Waals surface area contributed by atoms with E-state index in [1.165, 1.54) is 0 Å². The van der Waals surface area contributed by atoms with Crippen molar-refractivity contribution in [3.8, 4) is 6.07 Å². The minimum absolute atomic E-state index is 0.143. The molecule has 2 aromatic rings. The van der Waals surface area contributed by atoms with Gasteiger partial charge in [-0.25, -0.2) is 4.98 Å². The van der Waals surface area contributed by atoms with Crippen LogP contribution in [0, 0.1) is 11.3 Å². The van der Waals surface area contributed by atoms with Crippen LogP contribution in [0.3, 0.4) is 0 Å². The van der Waals surface area contributed by atoms with Crippen molar-refractivity contribution in [2.45, 2.75) is 0 Å². The fraction of sp³-hybridized carbons (Fsp3) is 0. The molecule has 0 bridgehead atoms. The summed E-state index contributed by atoms with van der Waals surface area (Å²) in [5.74, 6) is -0.622. The molecule has 72 valence electrons. The number of pyridine rings is 1. The third-order valence-corrected chi connectivity index (χ3v) is 2.09. The summed E-state index contributed by atoms with van der Waals surface area (Å²) >= 11 is 0. The van der Waals surface area contributed by atoms with E-state index in [4.69, 9.17) is 11.0 Å². The van der Waals surface area contributed by atoms with Crippen LogP contribution in [-0.4, -0.2) is 10.9 Å². The number of carbonyl (C=O) groups is 1. The van der Waals surface area contributed by atoms with Crippen molar-refractivity contribution in [1.82, 2.24) is 4.98 Å². The second-order valence-electron chi connectivity index (χ2n) is 3.05. The summed E-state index contributed by atoms with van der Waals surface area (Å²) in [5, 5.41) is 10.2. The highest BCUT2D eigenvalue weighted by atomic mass is 16.1. The van der Waals surface area contributed by atoms with Gasteiger partial charge in [-0.05, 0) is 11.5 Å². The third-order valence-electron chi connectivity index (χ3n) is 2.09. The normalized spacial score (nSPS) is 9.80. The highest BCUT2D eigenvalue weighted by Crippen LogP contribution is 2.17. The summed E-state index contributed by atoms with van der Waals surface area (Å²) in [6.07, 6.45) is 0. The lowest BCUT2D eigenvalue weighted by Gasteiger charge is -2.02. The van der Waals surface area contributed by atoms with Crippen LogP contribution in [0.1, 0.15) is 16.2 Å². The summed E-state index contributed by atoms with van der Waals surface area (Å²) in [4.78, 5) is 15.0. The Kier molecular flexibility index (Phi) is 2.07. The van der Waals surface area contributed by atoms with Gasteiger partial charge in [0.15, 0.2) is 0 Å². The van der Waals surface area contributed by atoms with Gasteiger partial charge in [-0.3, -0.25) is 4.79 Å². The molecule has 0 atom stereocenters. The van der Waals surface area contributed by atoms with Gasteiger partial charge < -0.3 is 5.73 Å². The van der Waals surface area contributed by atoms with E-state index in [0.29, 0.717) is 5.39 Å². The van der Waals surface area contributed by atoms with Crippen molar-refractivity contribution < 1.29 is 4.79 Å². The van der Waals surface area contributed by atoms with Crippen LogP contribution in [-0.2, 0) is 0 Å². The number of fused-ring (bicyclic) bond motifs is 1. The number of nitrogens with two attached hydrogens (primary N) is 1. The molecule has 4 nitrogen and oxygen atoms in total. The first-order valence-corrected chi connectivity index (χ1v) is 4.32.